The predicted octanol–water partition coefficient (Wildman–Crippen LogP) is 2.56. The van der Waals surface area contributed by atoms with E-state index in [4.69, 9.17) is 11.6 Å². The molecule has 4 heteroatoms. The Balaban J connectivity index is 2.82. The number of nitrogens with zero attached hydrogens (tertiary/aromatic N) is 1. The van der Waals surface area contributed by atoms with Gasteiger partial charge in [0.05, 0.1) is 11.4 Å². The number of pyridine rings is 1. The maximum atomic E-state index is 11.2. The molecule has 0 aliphatic rings. The van der Waals surface area contributed by atoms with Crippen molar-refractivity contribution >= 4 is 23.2 Å². The van der Waals surface area contributed by atoms with Gasteiger partial charge in [-0.05, 0) is 32.1 Å². The highest BCUT2D eigenvalue weighted by Gasteiger charge is 2.02. The van der Waals surface area contributed by atoms with Crippen LogP contribution in [0.15, 0.2) is 24.3 Å². The lowest BCUT2D eigenvalue weighted by atomic mass is 10.3. The van der Waals surface area contributed by atoms with Crippen LogP contribution in [0.2, 0.25) is 5.15 Å². The summed E-state index contributed by atoms with van der Waals surface area (Å²) in [5.74, 6) is -0.167. The molecule has 0 spiro atoms. The van der Waals surface area contributed by atoms with E-state index in [-0.39, 0.29) is 5.91 Å². The highest BCUT2D eigenvalue weighted by molar-refractivity contribution is 6.29. The van der Waals surface area contributed by atoms with Crippen LogP contribution >= 0.6 is 11.6 Å². The van der Waals surface area contributed by atoms with Gasteiger partial charge in [0.2, 0.25) is 5.91 Å². The lowest BCUT2D eigenvalue weighted by Crippen LogP contribution is -2.09. The van der Waals surface area contributed by atoms with Crippen LogP contribution in [0.4, 0.5) is 5.69 Å². The van der Waals surface area contributed by atoms with E-state index in [1.807, 2.05) is 0 Å². The molecule has 0 saturated carbocycles. The fourth-order valence-electron chi connectivity index (χ4n) is 0.988. The zero-order valence-electron chi connectivity index (χ0n) is 8.04. The van der Waals surface area contributed by atoms with Crippen molar-refractivity contribution in [3.63, 3.8) is 0 Å². The van der Waals surface area contributed by atoms with Crippen molar-refractivity contribution in [2.45, 2.75) is 13.8 Å². The molecule has 0 fully saturated rings. The van der Waals surface area contributed by atoms with E-state index in [1.54, 1.807) is 32.1 Å². The number of carbonyl (C=O) groups excluding carboxylic acids is 1. The largest absolute Gasteiger partial charge is 0.321 e. The number of amides is 1. The van der Waals surface area contributed by atoms with E-state index >= 15 is 0 Å². The molecule has 1 N–H and O–H groups in total. The average Bonchev–Trinajstić information content (AvgIpc) is 2.10. The summed E-state index contributed by atoms with van der Waals surface area (Å²) in [5, 5.41) is 3.11. The maximum absolute atomic E-state index is 11.2. The van der Waals surface area contributed by atoms with E-state index in [2.05, 4.69) is 10.3 Å². The normalized spacial score (nSPS) is 10.5. The predicted molar refractivity (Wildman–Crippen MR) is 57.4 cm³/mol. The summed E-state index contributed by atoms with van der Waals surface area (Å²) in [6, 6.07) is 3.37. The molecule has 0 bridgehead atoms. The Kier molecular flexibility index (Phi) is 3.65. The smallest absolute Gasteiger partial charge is 0.248 e. The summed E-state index contributed by atoms with van der Waals surface area (Å²) in [7, 11) is 0. The number of hydrogen-bond acceptors (Lipinski definition) is 2. The molecule has 1 rings (SSSR count). The summed E-state index contributed by atoms with van der Waals surface area (Å²) in [6.07, 6.45) is 3.13. The molecule has 1 amide bonds. The fourth-order valence-corrected chi connectivity index (χ4v) is 1.18. The Morgan fingerprint density at radius 2 is 2.29 bits per heavy atom. The number of nitrogens with one attached hydrogen (secondary N) is 1. The standard InChI is InChI=1S/C10H11ClN2O/c1-3-4-10(14)13-8-5-6-9(11)12-7(8)2/h3-6H,1-2H3,(H,13,14)/b4-3+. The topological polar surface area (TPSA) is 42.0 Å². The first-order valence-electron chi connectivity index (χ1n) is 4.20. The number of allylic oxidation sites excluding steroid dienone is 1. The van der Waals surface area contributed by atoms with Crippen molar-refractivity contribution in [3.8, 4) is 0 Å². The molecule has 3 nitrogen and oxygen atoms in total. The van der Waals surface area contributed by atoms with Gasteiger partial charge < -0.3 is 5.32 Å². The lowest BCUT2D eigenvalue weighted by Gasteiger charge is -2.05. The van der Waals surface area contributed by atoms with Crippen molar-refractivity contribution in [1.29, 1.82) is 0 Å². The van der Waals surface area contributed by atoms with Crippen LogP contribution in [-0.4, -0.2) is 10.9 Å². The molecule has 0 unspecified atom stereocenters. The van der Waals surface area contributed by atoms with Crippen molar-refractivity contribution < 1.29 is 4.79 Å². The molecule has 14 heavy (non-hydrogen) atoms. The van der Waals surface area contributed by atoms with Crippen molar-refractivity contribution in [2.24, 2.45) is 0 Å². The molecule has 1 aromatic rings. The van der Waals surface area contributed by atoms with Gasteiger partial charge in [-0.1, -0.05) is 17.7 Å². The van der Waals surface area contributed by atoms with E-state index in [0.29, 0.717) is 16.5 Å². The number of carbonyl (C=O) groups is 1. The molecular formula is C10H11ClN2O. The third kappa shape index (κ3) is 2.85. The van der Waals surface area contributed by atoms with Crippen LogP contribution in [0.5, 0.6) is 0 Å². The molecule has 1 aromatic heterocycles. The molecule has 0 radical (unpaired) electrons. The van der Waals surface area contributed by atoms with Crippen LogP contribution in [-0.2, 0) is 4.79 Å². The minimum atomic E-state index is -0.167. The minimum Gasteiger partial charge on any atom is -0.321 e. The molecular weight excluding hydrogens is 200 g/mol. The van der Waals surface area contributed by atoms with Gasteiger partial charge in [-0.2, -0.15) is 0 Å². The number of aryl methyl sites for hydroxylation is 1. The second-order valence-corrected chi connectivity index (χ2v) is 3.14. The fraction of sp³-hybridized carbons (Fsp3) is 0.200. The zero-order chi connectivity index (χ0) is 10.6. The van der Waals surface area contributed by atoms with Gasteiger partial charge in [-0.15, -0.1) is 0 Å². The highest BCUT2D eigenvalue weighted by Crippen LogP contribution is 2.15. The average molecular weight is 211 g/mol. The van der Waals surface area contributed by atoms with Gasteiger partial charge >= 0.3 is 0 Å². The van der Waals surface area contributed by atoms with Gasteiger partial charge in [-0.25, -0.2) is 4.98 Å². The number of rotatable bonds is 2. The molecule has 0 aromatic carbocycles. The van der Waals surface area contributed by atoms with Gasteiger partial charge in [0.25, 0.3) is 0 Å². The number of aromatic nitrogens is 1. The summed E-state index contributed by atoms with van der Waals surface area (Å²) >= 11 is 5.68. The molecule has 0 aliphatic carbocycles. The molecule has 0 aliphatic heterocycles. The molecule has 74 valence electrons. The second kappa shape index (κ2) is 4.77. The number of anilines is 1. The van der Waals surface area contributed by atoms with Gasteiger partial charge in [-0.3, -0.25) is 4.79 Å². The SMILES string of the molecule is C/C=C/C(=O)Nc1ccc(Cl)nc1C. The number of hydrogen-bond donors (Lipinski definition) is 1. The Morgan fingerprint density at radius 1 is 1.57 bits per heavy atom. The first-order valence-corrected chi connectivity index (χ1v) is 4.58. The third-order valence-corrected chi connectivity index (χ3v) is 1.84. The van der Waals surface area contributed by atoms with Gasteiger partial charge in [0.1, 0.15) is 5.15 Å². The van der Waals surface area contributed by atoms with Gasteiger partial charge in [0, 0.05) is 0 Å². The van der Waals surface area contributed by atoms with Crippen LogP contribution in [0.25, 0.3) is 0 Å². The van der Waals surface area contributed by atoms with Crippen LogP contribution < -0.4 is 5.32 Å². The van der Waals surface area contributed by atoms with E-state index in [0.717, 1.165) is 0 Å². The van der Waals surface area contributed by atoms with Crippen molar-refractivity contribution in [1.82, 2.24) is 4.98 Å². The molecule has 1 heterocycles. The van der Waals surface area contributed by atoms with Gasteiger partial charge in [0.15, 0.2) is 0 Å². The van der Waals surface area contributed by atoms with E-state index in [1.165, 1.54) is 6.08 Å². The first kappa shape index (κ1) is 10.7. The monoisotopic (exact) mass is 210 g/mol. The Labute approximate surface area is 87.8 Å². The van der Waals surface area contributed by atoms with Crippen molar-refractivity contribution in [2.75, 3.05) is 5.32 Å². The Hall–Kier alpha value is -1.35. The maximum Gasteiger partial charge on any atom is 0.248 e. The van der Waals surface area contributed by atoms with Crippen molar-refractivity contribution in [3.05, 3.63) is 35.1 Å². The molecule has 0 saturated heterocycles. The summed E-state index contributed by atoms with van der Waals surface area (Å²) in [5.41, 5.74) is 1.38. The summed E-state index contributed by atoms with van der Waals surface area (Å²) in [4.78, 5) is 15.2. The van der Waals surface area contributed by atoms with E-state index < -0.39 is 0 Å². The number of halogens is 1. The third-order valence-electron chi connectivity index (χ3n) is 1.63. The summed E-state index contributed by atoms with van der Waals surface area (Å²) < 4.78 is 0. The van der Waals surface area contributed by atoms with Crippen LogP contribution in [0, 0.1) is 6.92 Å². The zero-order valence-corrected chi connectivity index (χ0v) is 8.80. The van der Waals surface area contributed by atoms with E-state index in [9.17, 15) is 4.79 Å². The summed E-state index contributed by atoms with van der Waals surface area (Å²) in [6.45, 7) is 3.57. The first-order chi connectivity index (χ1) is 6.63. The quantitative estimate of drug-likeness (QED) is 0.602. The van der Waals surface area contributed by atoms with Crippen LogP contribution in [0.3, 0.4) is 0 Å². The second-order valence-electron chi connectivity index (χ2n) is 2.76. The molecule has 0 atom stereocenters. The Morgan fingerprint density at radius 3 is 2.86 bits per heavy atom. The highest BCUT2D eigenvalue weighted by atomic mass is 35.5. The van der Waals surface area contributed by atoms with Crippen LogP contribution in [0.1, 0.15) is 12.6 Å². The Bertz CT molecular complexity index is 374. The lowest BCUT2D eigenvalue weighted by molar-refractivity contribution is -0.111. The minimum absolute atomic E-state index is 0.167.